The minimum absolute atomic E-state index is 0.0390. The summed E-state index contributed by atoms with van der Waals surface area (Å²) in [4.78, 5) is 56.6. The van der Waals surface area contributed by atoms with Crippen LogP contribution in [0.3, 0.4) is 0 Å². The zero-order chi connectivity index (χ0) is 27.1. The van der Waals surface area contributed by atoms with Crippen LogP contribution in [0.4, 0.5) is 9.93 Å². The molecule has 1 aromatic heterocycles. The van der Waals surface area contributed by atoms with Crippen molar-refractivity contribution in [3.63, 3.8) is 0 Å². The van der Waals surface area contributed by atoms with Gasteiger partial charge in [-0.15, -0.1) is 11.3 Å². The highest BCUT2D eigenvalue weighted by molar-refractivity contribution is 7.14. The summed E-state index contributed by atoms with van der Waals surface area (Å²) in [6.45, 7) is 0.808. The molecular weight excluding hydrogens is 512 g/mol. The summed E-state index contributed by atoms with van der Waals surface area (Å²) in [6, 6.07) is 13.0. The van der Waals surface area contributed by atoms with E-state index in [2.05, 4.69) is 20.4 Å². The van der Waals surface area contributed by atoms with Crippen LogP contribution >= 0.6 is 11.3 Å². The first-order chi connectivity index (χ1) is 18.4. The maximum Gasteiger partial charge on any atom is 0.357 e. The maximum absolute atomic E-state index is 13.5. The molecule has 1 aliphatic heterocycles. The molecule has 2 aromatic carbocycles. The molecule has 2 N–H and O–H groups in total. The van der Waals surface area contributed by atoms with Crippen molar-refractivity contribution in [1.29, 1.82) is 0 Å². The van der Waals surface area contributed by atoms with Crippen molar-refractivity contribution in [2.45, 2.75) is 18.5 Å². The minimum atomic E-state index is -1.17. The Morgan fingerprint density at radius 3 is 2.50 bits per heavy atom. The molecule has 198 valence electrons. The van der Waals surface area contributed by atoms with Crippen LogP contribution in [0.5, 0.6) is 5.75 Å². The van der Waals surface area contributed by atoms with Gasteiger partial charge in [0.2, 0.25) is 5.91 Å². The average molecular weight is 539 g/mol. The van der Waals surface area contributed by atoms with Gasteiger partial charge in [-0.1, -0.05) is 42.5 Å². The largest absolute Gasteiger partial charge is 0.491 e. The molecule has 3 aromatic rings. The number of benzene rings is 2. The molecule has 2 heterocycles. The SMILES string of the molecule is COCCOc1ccc([C@H]2NC(=O)N([C@@H](Cc3ccccc3)C(=O)Nc3nc(C(=O)OC)cs3)C2=O)cc1. The first-order valence-electron chi connectivity index (χ1n) is 11.6. The van der Waals surface area contributed by atoms with E-state index in [1.807, 2.05) is 6.07 Å². The lowest BCUT2D eigenvalue weighted by molar-refractivity contribution is -0.134. The number of amides is 4. The summed E-state index contributed by atoms with van der Waals surface area (Å²) in [5.41, 5.74) is 1.34. The summed E-state index contributed by atoms with van der Waals surface area (Å²) in [7, 11) is 2.81. The third-order valence-electron chi connectivity index (χ3n) is 5.76. The van der Waals surface area contributed by atoms with Crippen LogP contribution in [-0.2, 0) is 25.5 Å². The Bertz CT molecular complexity index is 1300. The molecule has 2 atom stereocenters. The average Bonchev–Trinajstić information content (AvgIpc) is 3.51. The zero-order valence-electron chi connectivity index (χ0n) is 20.7. The third kappa shape index (κ3) is 6.15. The fourth-order valence-electron chi connectivity index (χ4n) is 3.87. The number of nitrogens with zero attached hydrogens (tertiary/aromatic N) is 2. The van der Waals surface area contributed by atoms with Crippen molar-refractivity contribution >= 4 is 40.3 Å². The molecule has 0 spiro atoms. The number of hydrogen-bond acceptors (Lipinski definition) is 9. The maximum atomic E-state index is 13.5. The number of esters is 1. The van der Waals surface area contributed by atoms with Gasteiger partial charge < -0.3 is 24.8 Å². The Kier molecular flexibility index (Phi) is 8.66. The van der Waals surface area contributed by atoms with Gasteiger partial charge in [-0.25, -0.2) is 19.5 Å². The molecule has 0 radical (unpaired) electrons. The van der Waals surface area contributed by atoms with E-state index >= 15 is 0 Å². The normalized spacial score (nSPS) is 15.6. The van der Waals surface area contributed by atoms with E-state index in [1.165, 1.54) is 12.5 Å². The number of urea groups is 1. The fourth-order valence-corrected chi connectivity index (χ4v) is 4.55. The van der Waals surface area contributed by atoms with Crippen LogP contribution in [0.2, 0.25) is 0 Å². The Hall–Kier alpha value is -4.29. The van der Waals surface area contributed by atoms with Crippen molar-refractivity contribution in [2.75, 3.05) is 32.8 Å². The van der Waals surface area contributed by atoms with E-state index in [-0.39, 0.29) is 17.2 Å². The Morgan fingerprint density at radius 2 is 1.82 bits per heavy atom. The first kappa shape index (κ1) is 26.8. The molecule has 4 rings (SSSR count). The molecule has 1 fully saturated rings. The number of methoxy groups -OCH3 is 2. The van der Waals surface area contributed by atoms with Crippen LogP contribution in [0.25, 0.3) is 0 Å². The van der Waals surface area contributed by atoms with E-state index in [0.29, 0.717) is 24.5 Å². The standard InChI is InChI=1S/C26H26N4O7S/c1-35-12-13-37-18-10-8-17(9-11-18)21-23(32)30(26(34)28-21)20(14-16-6-4-3-5-7-16)22(31)29-25-27-19(15-38-25)24(33)36-2/h3-11,15,20-21H,12-14H2,1-2H3,(H,28,34)(H,27,29,31)/t20-,21+/m0/s1. The number of anilines is 1. The van der Waals surface area contributed by atoms with Crippen molar-refractivity contribution in [3.8, 4) is 5.75 Å². The predicted molar refractivity (Wildman–Crippen MR) is 138 cm³/mol. The highest BCUT2D eigenvalue weighted by Crippen LogP contribution is 2.27. The zero-order valence-corrected chi connectivity index (χ0v) is 21.5. The second kappa shape index (κ2) is 12.3. The Morgan fingerprint density at radius 1 is 1.08 bits per heavy atom. The van der Waals surface area contributed by atoms with Crippen LogP contribution in [0, 0.1) is 0 Å². The van der Waals surface area contributed by atoms with Crippen LogP contribution in [0.1, 0.15) is 27.7 Å². The van der Waals surface area contributed by atoms with Gasteiger partial charge in [-0.05, 0) is 23.3 Å². The van der Waals surface area contributed by atoms with E-state index in [9.17, 15) is 19.2 Å². The number of imide groups is 1. The van der Waals surface area contributed by atoms with Crippen LogP contribution < -0.4 is 15.4 Å². The highest BCUT2D eigenvalue weighted by Gasteiger charge is 2.45. The van der Waals surface area contributed by atoms with Crippen molar-refractivity contribution in [2.24, 2.45) is 0 Å². The number of nitrogens with one attached hydrogen (secondary N) is 2. The lowest BCUT2D eigenvalue weighted by Gasteiger charge is -2.24. The van der Waals surface area contributed by atoms with Crippen molar-refractivity contribution in [3.05, 3.63) is 76.8 Å². The van der Waals surface area contributed by atoms with Gasteiger partial charge in [0.15, 0.2) is 10.8 Å². The molecule has 0 unspecified atom stereocenters. The van der Waals surface area contributed by atoms with E-state index in [0.717, 1.165) is 21.8 Å². The predicted octanol–water partition coefficient (Wildman–Crippen LogP) is 2.80. The smallest absolute Gasteiger partial charge is 0.357 e. The van der Waals surface area contributed by atoms with Gasteiger partial charge in [-0.2, -0.15) is 0 Å². The summed E-state index contributed by atoms with van der Waals surface area (Å²) < 4.78 is 15.2. The number of rotatable bonds is 11. The molecule has 1 aliphatic rings. The van der Waals surface area contributed by atoms with Gasteiger partial charge in [0, 0.05) is 18.9 Å². The molecule has 0 aliphatic carbocycles. The van der Waals surface area contributed by atoms with E-state index in [4.69, 9.17) is 9.47 Å². The molecule has 4 amide bonds. The van der Waals surface area contributed by atoms with Crippen molar-refractivity contribution in [1.82, 2.24) is 15.2 Å². The van der Waals surface area contributed by atoms with Gasteiger partial charge in [0.25, 0.3) is 5.91 Å². The molecule has 1 saturated heterocycles. The molecule has 12 heteroatoms. The minimum Gasteiger partial charge on any atom is -0.491 e. The monoisotopic (exact) mass is 538 g/mol. The summed E-state index contributed by atoms with van der Waals surface area (Å²) in [5.74, 6) is -1.23. The topological polar surface area (TPSA) is 136 Å². The second-order valence-electron chi connectivity index (χ2n) is 8.23. The quantitative estimate of drug-likeness (QED) is 0.216. The van der Waals surface area contributed by atoms with Gasteiger partial charge in [0.05, 0.1) is 13.7 Å². The Balaban J connectivity index is 1.55. The summed E-state index contributed by atoms with van der Waals surface area (Å²) >= 11 is 1.03. The van der Waals surface area contributed by atoms with E-state index < -0.39 is 35.9 Å². The fraction of sp³-hybridized carbons (Fsp3) is 0.269. The van der Waals surface area contributed by atoms with E-state index in [1.54, 1.807) is 55.6 Å². The molecule has 38 heavy (non-hydrogen) atoms. The lowest BCUT2D eigenvalue weighted by atomic mass is 10.0. The Labute approximate surface area is 222 Å². The number of aromatic nitrogens is 1. The number of carbonyl (C=O) groups is 4. The number of thiazole rings is 1. The van der Waals surface area contributed by atoms with Gasteiger partial charge in [-0.3, -0.25) is 9.59 Å². The van der Waals surface area contributed by atoms with Crippen LogP contribution in [0.15, 0.2) is 60.0 Å². The number of carbonyl (C=O) groups excluding carboxylic acids is 4. The van der Waals surface area contributed by atoms with Gasteiger partial charge >= 0.3 is 12.0 Å². The number of ether oxygens (including phenoxy) is 3. The van der Waals surface area contributed by atoms with Crippen LogP contribution in [-0.4, -0.2) is 67.2 Å². The highest BCUT2D eigenvalue weighted by atomic mass is 32.1. The second-order valence-corrected chi connectivity index (χ2v) is 9.08. The molecule has 11 nitrogen and oxygen atoms in total. The first-order valence-corrected chi connectivity index (χ1v) is 12.5. The molecule has 0 bridgehead atoms. The van der Waals surface area contributed by atoms with Crippen molar-refractivity contribution < 1.29 is 33.4 Å². The number of hydrogen-bond donors (Lipinski definition) is 2. The molecular formula is C26H26N4O7S. The summed E-state index contributed by atoms with van der Waals surface area (Å²) in [5, 5.41) is 6.89. The lowest BCUT2D eigenvalue weighted by Crippen LogP contribution is -2.49. The summed E-state index contributed by atoms with van der Waals surface area (Å²) in [6.07, 6.45) is 0.0834. The third-order valence-corrected chi connectivity index (χ3v) is 6.51. The van der Waals surface area contributed by atoms with Gasteiger partial charge in [0.1, 0.15) is 24.4 Å². The molecule has 0 saturated carbocycles.